The van der Waals surface area contributed by atoms with Gasteiger partial charge in [0, 0.05) is 41.4 Å². The van der Waals surface area contributed by atoms with E-state index in [-0.39, 0.29) is 17.3 Å². The minimum atomic E-state index is -1.19. The molecule has 0 bridgehead atoms. The zero-order chi connectivity index (χ0) is 27.9. The number of carbonyl (C=O) groups excluding carboxylic acids is 2. The molecule has 0 unspecified atom stereocenters. The summed E-state index contributed by atoms with van der Waals surface area (Å²) in [4.78, 5) is 34.9. The number of carbonyl (C=O) groups is 2. The lowest BCUT2D eigenvalue weighted by molar-refractivity contribution is -0.136. The van der Waals surface area contributed by atoms with Crippen LogP contribution in [-0.2, 0) is 9.59 Å². The van der Waals surface area contributed by atoms with Crippen molar-refractivity contribution < 1.29 is 23.1 Å². The number of amides is 2. The van der Waals surface area contributed by atoms with Crippen molar-refractivity contribution in [1.82, 2.24) is 25.5 Å². The van der Waals surface area contributed by atoms with E-state index in [1.165, 1.54) is 12.1 Å². The van der Waals surface area contributed by atoms with Crippen molar-refractivity contribution in [3.8, 4) is 22.8 Å². The molecule has 0 radical (unpaired) electrons. The van der Waals surface area contributed by atoms with Crippen molar-refractivity contribution in [2.75, 3.05) is 5.32 Å². The molecule has 0 atom stereocenters. The Balaban J connectivity index is 1.14. The molecule has 2 saturated carbocycles. The first-order valence-electron chi connectivity index (χ1n) is 13.2. The van der Waals surface area contributed by atoms with Gasteiger partial charge in [-0.1, -0.05) is 0 Å². The molecule has 2 aliphatic rings. The number of halogens is 2. The van der Waals surface area contributed by atoms with Crippen molar-refractivity contribution in [2.45, 2.75) is 57.2 Å². The Labute approximate surface area is 228 Å². The molecule has 11 heteroatoms. The molecule has 3 aromatic heterocycles. The van der Waals surface area contributed by atoms with Crippen LogP contribution in [0.5, 0.6) is 11.5 Å². The second-order valence-corrected chi connectivity index (χ2v) is 10.9. The van der Waals surface area contributed by atoms with Gasteiger partial charge in [-0.05, 0) is 69.7 Å². The molecule has 40 heavy (non-hydrogen) atoms. The smallest absolute Gasteiger partial charge is 0.240 e. The van der Waals surface area contributed by atoms with Crippen LogP contribution < -0.4 is 15.4 Å². The van der Waals surface area contributed by atoms with Gasteiger partial charge in [0.05, 0.1) is 22.8 Å². The molecule has 206 valence electrons. The van der Waals surface area contributed by atoms with E-state index in [9.17, 15) is 14.0 Å². The number of alkyl halides is 1. The molecule has 2 fully saturated rings. The van der Waals surface area contributed by atoms with Gasteiger partial charge in [0.1, 0.15) is 17.3 Å². The number of rotatable bonds is 7. The van der Waals surface area contributed by atoms with Gasteiger partial charge < -0.3 is 15.4 Å². The van der Waals surface area contributed by atoms with E-state index >= 15 is 4.39 Å². The number of nitrogens with one attached hydrogen (secondary N) is 3. The normalized spacial score (nSPS) is 21.5. The first-order valence-corrected chi connectivity index (χ1v) is 13.2. The molecular formula is C29H28F2N6O3. The van der Waals surface area contributed by atoms with E-state index in [1.54, 1.807) is 36.9 Å². The highest BCUT2D eigenvalue weighted by Crippen LogP contribution is 2.48. The third kappa shape index (κ3) is 4.99. The number of pyridine rings is 2. The lowest BCUT2D eigenvalue weighted by atomic mass is 9.82. The quantitative estimate of drug-likeness (QED) is 0.265. The molecule has 2 amide bonds. The summed E-state index contributed by atoms with van der Waals surface area (Å²) in [5.41, 5.74) is 0.590. The van der Waals surface area contributed by atoms with Gasteiger partial charge >= 0.3 is 0 Å². The maximum absolute atomic E-state index is 15.1. The predicted octanol–water partition coefficient (Wildman–Crippen LogP) is 5.46. The topological polar surface area (TPSA) is 122 Å². The van der Waals surface area contributed by atoms with E-state index in [4.69, 9.17) is 4.74 Å². The molecule has 0 aliphatic heterocycles. The van der Waals surface area contributed by atoms with E-state index in [0.717, 1.165) is 11.6 Å². The molecule has 9 nitrogen and oxygen atoms in total. The Kier molecular flexibility index (Phi) is 6.44. The van der Waals surface area contributed by atoms with Crippen molar-refractivity contribution in [3.05, 3.63) is 60.9 Å². The highest BCUT2D eigenvalue weighted by molar-refractivity contribution is 6.13. The van der Waals surface area contributed by atoms with Gasteiger partial charge in [-0.3, -0.25) is 24.7 Å². The van der Waals surface area contributed by atoms with Crippen LogP contribution in [0.1, 0.15) is 45.4 Å². The van der Waals surface area contributed by atoms with Gasteiger partial charge in [-0.15, -0.1) is 0 Å². The van der Waals surface area contributed by atoms with Crippen LogP contribution in [-0.4, -0.2) is 43.7 Å². The van der Waals surface area contributed by atoms with Gasteiger partial charge in [0.25, 0.3) is 0 Å². The van der Waals surface area contributed by atoms with Crippen LogP contribution in [0.4, 0.5) is 14.5 Å². The van der Waals surface area contributed by atoms with Crippen molar-refractivity contribution in [1.29, 1.82) is 0 Å². The lowest BCUT2D eigenvalue weighted by Crippen LogP contribution is -2.53. The van der Waals surface area contributed by atoms with Gasteiger partial charge in [0.2, 0.25) is 11.8 Å². The van der Waals surface area contributed by atoms with Gasteiger partial charge in [0.15, 0.2) is 11.6 Å². The first kappa shape index (κ1) is 25.8. The molecule has 1 aromatic carbocycles. The number of aromatic nitrogens is 4. The largest absolute Gasteiger partial charge is 0.453 e. The van der Waals surface area contributed by atoms with E-state index in [2.05, 4.69) is 30.8 Å². The zero-order valence-corrected chi connectivity index (χ0v) is 21.8. The minimum Gasteiger partial charge on any atom is -0.453 e. The third-order valence-corrected chi connectivity index (χ3v) is 7.84. The fourth-order valence-corrected chi connectivity index (χ4v) is 5.11. The molecule has 0 spiro atoms. The number of hydrogen-bond acceptors (Lipinski definition) is 6. The number of benzene rings is 1. The van der Waals surface area contributed by atoms with E-state index in [1.807, 2.05) is 6.92 Å². The number of fused-ring (bicyclic) bond motifs is 1. The summed E-state index contributed by atoms with van der Waals surface area (Å²) in [6.45, 7) is 1.89. The highest BCUT2D eigenvalue weighted by atomic mass is 19.1. The molecule has 4 aromatic rings. The van der Waals surface area contributed by atoms with E-state index in [0.29, 0.717) is 60.9 Å². The number of hydrogen-bond donors (Lipinski definition) is 3. The van der Waals surface area contributed by atoms with Crippen LogP contribution in [0.15, 0.2) is 55.1 Å². The molecule has 3 heterocycles. The fourth-order valence-electron chi connectivity index (χ4n) is 5.11. The summed E-state index contributed by atoms with van der Waals surface area (Å²) in [5.74, 6) is -1.20. The van der Waals surface area contributed by atoms with Crippen LogP contribution in [0.2, 0.25) is 0 Å². The molecule has 0 saturated heterocycles. The number of nitrogens with zero attached hydrogens (tertiary/aromatic N) is 3. The first-order chi connectivity index (χ1) is 19.2. The highest BCUT2D eigenvalue weighted by Gasteiger charge is 2.57. The Morgan fingerprint density at radius 1 is 1.02 bits per heavy atom. The maximum atomic E-state index is 15.1. The van der Waals surface area contributed by atoms with Crippen molar-refractivity contribution >= 4 is 28.4 Å². The summed E-state index contributed by atoms with van der Waals surface area (Å²) in [7, 11) is 0. The number of H-pyrrole nitrogens is 1. The zero-order valence-electron chi connectivity index (χ0n) is 21.8. The Morgan fingerprint density at radius 3 is 2.52 bits per heavy atom. The average molecular weight is 547 g/mol. The van der Waals surface area contributed by atoms with Gasteiger partial charge in [-0.2, -0.15) is 5.10 Å². The van der Waals surface area contributed by atoms with Gasteiger partial charge in [-0.25, -0.2) is 8.78 Å². The predicted molar refractivity (Wildman–Crippen MR) is 144 cm³/mol. The Bertz CT molecular complexity index is 1580. The summed E-state index contributed by atoms with van der Waals surface area (Å²) in [6, 6.07) is 7.50. The third-order valence-electron chi connectivity index (χ3n) is 7.84. The molecule has 2 aliphatic carbocycles. The Hall–Kier alpha value is -4.41. The summed E-state index contributed by atoms with van der Waals surface area (Å²) < 4.78 is 34.5. The second-order valence-electron chi connectivity index (χ2n) is 10.9. The average Bonchev–Trinajstić information content (AvgIpc) is 3.58. The van der Waals surface area contributed by atoms with E-state index < -0.39 is 28.8 Å². The fraction of sp³-hybridized carbons (Fsp3) is 0.345. The molecular weight excluding hydrogens is 518 g/mol. The van der Waals surface area contributed by atoms with Crippen LogP contribution in [0.25, 0.3) is 22.2 Å². The molecule has 6 rings (SSSR count). The standard InChI is InChI=1S/C29H28F2N6O3/c1-28(7-4-18(30)5-8-28)37-27(39)29(9-10-29)26(38)36-19-2-3-25(21(31)12-19)40-24-6-11-32-23-13-22(33-16-20(23)24)17-14-34-35-15-17/h2-3,6,11-16,18H,4-5,7-10H2,1H3,(H,34,35)(H,36,38)(H,37,39). The second kappa shape index (κ2) is 9.96. The lowest BCUT2D eigenvalue weighted by Gasteiger charge is -2.37. The number of anilines is 1. The van der Waals surface area contributed by atoms with Crippen molar-refractivity contribution in [3.63, 3.8) is 0 Å². The minimum absolute atomic E-state index is 0.0420. The monoisotopic (exact) mass is 546 g/mol. The maximum Gasteiger partial charge on any atom is 0.240 e. The van der Waals surface area contributed by atoms with Crippen LogP contribution in [0, 0.1) is 11.2 Å². The Morgan fingerprint density at radius 2 is 1.82 bits per heavy atom. The number of aromatic amines is 1. The SMILES string of the molecule is CC1(NC(=O)C2(C(=O)Nc3ccc(Oc4ccnc5cc(-c6cn[nH]c6)ncc45)c(F)c3)CC2)CCC(F)CC1. The van der Waals surface area contributed by atoms with Crippen LogP contribution in [0.3, 0.4) is 0 Å². The number of ether oxygens (including phenoxy) is 1. The summed E-state index contributed by atoms with van der Waals surface area (Å²) >= 11 is 0. The molecule has 3 N–H and O–H groups in total. The van der Waals surface area contributed by atoms with Crippen LogP contribution >= 0.6 is 0 Å². The summed E-state index contributed by atoms with van der Waals surface area (Å²) in [6.07, 6.45) is 8.34. The van der Waals surface area contributed by atoms with Crippen molar-refractivity contribution in [2.24, 2.45) is 5.41 Å². The summed E-state index contributed by atoms with van der Waals surface area (Å²) in [5, 5.41) is 12.9.